The Kier molecular flexibility index (Phi) is 6.57. The quantitative estimate of drug-likeness (QED) is 0.350. The summed E-state index contributed by atoms with van der Waals surface area (Å²) in [4.78, 5) is 13.0. The Balaban J connectivity index is 1.12. The highest BCUT2D eigenvalue weighted by atomic mass is 32.2. The minimum absolute atomic E-state index is 0.168. The van der Waals surface area contributed by atoms with Gasteiger partial charge in [-0.1, -0.05) is 30.3 Å². The van der Waals surface area contributed by atoms with Crippen molar-refractivity contribution in [2.24, 2.45) is 17.8 Å². The van der Waals surface area contributed by atoms with Gasteiger partial charge in [0, 0.05) is 11.3 Å². The first-order valence-electron chi connectivity index (χ1n) is 14.1. The summed E-state index contributed by atoms with van der Waals surface area (Å²) >= 11 is 0. The van der Waals surface area contributed by atoms with Gasteiger partial charge in [0.1, 0.15) is 0 Å². The molecule has 1 N–H and O–H groups in total. The Hall–Kier alpha value is -3.12. The van der Waals surface area contributed by atoms with Crippen molar-refractivity contribution in [1.82, 2.24) is 0 Å². The number of carbonyl (C=O) groups excluding carboxylic acids is 1. The van der Waals surface area contributed by atoms with Gasteiger partial charge in [-0.25, -0.2) is 8.42 Å². The molecule has 4 aliphatic rings. The van der Waals surface area contributed by atoms with Gasteiger partial charge < -0.3 is 5.32 Å². The number of nitrogens with zero attached hydrogens (tertiary/aromatic N) is 1. The van der Waals surface area contributed by atoms with Gasteiger partial charge in [-0.3, -0.25) is 9.10 Å². The van der Waals surface area contributed by atoms with Crippen molar-refractivity contribution in [2.45, 2.75) is 64.3 Å². The van der Waals surface area contributed by atoms with E-state index in [0.717, 1.165) is 40.1 Å². The van der Waals surface area contributed by atoms with Crippen LogP contribution in [0.3, 0.4) is 0 Å². The summed E-state index contributed by atoms with van der Waals surface area (Å²) in [5, 5.41) is 3.04. The van der Waals surface area contributed by atoms with E-state index in [2.05, 4.69) is 17.4 Å². The Morgan fingerprint density at radius 3 is 1.97 bits per heavy atom. The molecule has 3 aromatic carbocycles. The third-order valence-corrected chi connectivity index (χ3v) is 10.7. The zero-order valence-electron chi connectivity index (χ0n) is 23.1. The summed E-state index contributed by atoms with van der Waals surface area (Å²) in [6.07, 6.45) is 9.52. The Labute approximate surface area is 232 Å². The normalized spacial score (nSPS) is 25.5. The summed E-state index contributed by atoms with van der Waals surface area (Å²) in [5.74, 6) is 2.55. The first-order chi connectivity index (χ1) is 18.6. The summed E-state index contributed by atoms with van der Waals surface area (Å²) < 4.78 is 26.6. The zero-order valence-corrected chi connectivity index (χ0v) is 23.9. The van der Waals surface area contributed by atoms with Gasteiger partial charge in [0.05, 0.1) is 18.5 Å². The Morgan fingerprint density at radius 1 is 0.846 bits per heavy atom. The molecule has 4 saturated carbocycles. The number of amides is 1. The number of rotatable bonds is 7. The van der Waals surface area contributed by atoms with Gasteiger partial charge in [-0.15, -0.1) is 0 Å². The third-order valence-electron chi connectivity index (χ3n) is 9.51. The number of anilines is 2. The molecule has 1 amide bonds. The van der Waals surface area contributed by atoms with Gasteiger partial charge >= 0.3 is 0 Å². The van der Waals surface area contributed by atoms with Crippen molar-refractivity contribution in [3.8, 4) is 0 Å². The monoisotopic (exact) mass is 542 g/mol. The number of sulfonamides is 1. The van der Waals surface area contributed by atoms with Crippen LogP contribution in [0.2, 0.25) is 0 Å². The summed E-state index contributed by atoms with van der Waals surface area (Å²) in [6.45, 7) is 4.18. The lowest BCUT2D eigenvalue weighted by Crippen LogP contribution is -2.48. The molecule has 7 rings (SSSR count). The predicted molar refractivity (Wildman–Crippen MR) is 158 cm³/mol. The van der Waals surface area contributed by atoms with Crippen molar-refractivity contribution in [2.75, 3.05) is 15.9 Å². The van der Waals surface area contributed by atoms with Gasteiger partial charge in [-0.2, -0.15) is 0 Å². The molecule has 0 spiro atoms. The molecule has 0 unspecified atom stereocenters. The van der Waals surface area contributed by atoms with Crippen LogP contribution in [-0.2, 0) is 22.0 Å². The van der Waals surface area contributed by atoms with E-state index >= 15 is 0 Å². The first kappa shape index (κ1) is 26.1. The highest BCUT2D eigenvalue weighted by Gasteiger charge is 2.51. The molecule has 4 fully saturated rings. The Morgan fingerprint density at radius 2 is 1.44 bits per heavy atom. The fraction of sp³-hybridized carbons (Fsp3) is 0.424. The minimum Gasteiger partial charge on any atom is -0.322 e. The van der Waals surface area contributed by atoms with E-state index in [0.29, 0.717) is 16.7 Å². The van der Waals surface area contributed by atoms with Gasteiger partial charge in [-0.05, 0) is 134 Å². The summed E-state index contributed by atoms with van der Waals surface area (Å²) in [7, 11) is -3.48. The highest BCUT2D eigenvalue weighted by Crippen LogP contribution is 2.60. The van der Waals surface area contributed by atoms with Crippen LogP contribution in [0, 0.1) is 31.6 Å². The molecule has 5 nitrogen and oxygen atoms in total. The maximum absolute atomic E-state index is 13.0. The number of benzene rings is 3. The molecule has 0 radical (unpaired) electrons. The smallest absolute Gasteiger partial charge is 0.255 e. The number of carbonyl (C=O) groups is 1. The number of nitrogens with one attached hydrogen (secondary N) is 1. The standard InChI is InChI=1S/C33H38N2O3S/c1-22-4-13-31(14-23(22)2)35(39(3,37)38)21-24-5-7-28(8-6-24)32(36)34-30-11-9-29(10-12-30)33-18-25-15-26(19-33)17-27(16-25)20-33/h4-14,25-27H,15-21H2,1-3H3,(H,34,36). The molecule has 4 bridgehead atoms. The molecule has 3 aromatic rings. The van der Waals surface area contributed by atoms with Crippen LogP contribution in [0.25, 0.3) is 0 Å². The first-order valence-corrected chi connectivity index (χ1v) is 16.0. The SMILES string of the molecule is Cc1ccc(N(Cc2ccc(C(=O)Nc3ccc(C45CC6CC(CC(C6)C4)C5)cc3)cc2)S(C)(=O)=O)cc1C. The number of hydrogen-bond acceptors (Lipinski definition) is 3. The van der Waals surface area contributed by atoms with E-state index in [1.54, 1.807) is 12.1 Å². The summed E-state index contributed by atoms with van der Waals surface area (Å²) in [5.41, 5.74) is 6.75. The maximum Gasteiger partial charge on any atom is 0.255 e. The fourth-order valence-corrected chi connectivity index (χ4v) is 8.66. The largest absolute Gasteiger partial charge is 0.322 e. The molecule has 39 heavy (non-hydrogen) atoms. The molecule has 0 atom stereocenters. The molecule has 0 saturated heterocycles. The fourth-order valence-electron chi connectivity index (χ4n) is 7.78. The topological polar surface area (TPSA) is 66.5 Å². The van der Waals surface area contributed by atoms with E-state index in [1.807, 2.05) is 56.3 Å². The molecule has 0 heterocycles. The average molecular weight is 543 g/mol. The van der Waals surface area contributed by atoms with Gasteiger partial charge in [0.2, 0.25) is 10.0 Å². The van der Waals surface area contributed by atoms with Crippen LogP contribution in [0.15, 0.2) is 66.7 Å². The van der Waals surface area contributed by atoms with Crippen LogP contribution < -0.4 is 9.62 Å². The molecular formula is C33H38N2O3S. The lowest BCUT2D eigenvalue weighted by Gasteiger charge is -2.57. The van der Waals surface area contributed by atoms with Crippen LogP contribution >= 0.6 is 0 Å². The van der Waals surface area contributed by atoms with Crippen molar-refractivity contribution in [3.05, 3.63) is 94.5 Å². The average Bonchev–Trinajstić information content (AvgIpc) is 2.88. The highest BCUT2D eigenvalue weighted by molar-refractivity contribution is 7.92. The molecule has 204 valence electrons. The van der Waals surface area contributed by atoms with Gasteiger partial charge in [0.25, 0.3) is 5.91 Å². The van der Waals surface area contributed by atoms with E-state index in [1.165, 1.54) is 54.6 Å². The number of aryl methyl sites for hydroxylation is 2. The van der Waals surface area contributed by atoms with Crippen LogP contribution in [0.5, 0.6) is 0 Å². The summed E-state index contributed by atoms with van der Waals surface area (Å²) in [6, 6.07) is 21.4. The second-order valence-corrected chi connectivity index (χ2v) is 14.4. The van der Waals surface area contributed by atoms with Crippen LogP contribution in [-0.4, -0.2) is 20.6 Å². The Bertz CT molecular complexity index is 1460. The van der Waals surface area contributed by atoms with Gasteiger partial charge in [0.15, 0.2) is 0 Å². The van der Waals surface area contributed by atoms with Crippen molar-refractivity contribution in [3.63, 3.8) is 0 Å². The molecule has 0 aromatic heterocycles. The lowest BCUT2D eigenvalue weighted by molar-refractivity contribution is -0.00518. The predicted octanol–water partition coefficient (Wildman–Crippen LogP) is 6.99. The van der Waals surface area contributed by atoms with Crippen molar-refractivity contribution in [1.29, 1.82) is 0 Å². The van der Waals surface area contributed by atoms with E-state index in [4.69, 9.17) is 0 Å². The molecule has 0 aliphatic heterocycles. The van der Waals surface area contributed by atoms with Crippen LogP contribution in [0.4, 0.5) is 11.4 Å². The minimum atomic E-state index is -3.48. The lowest BCUT2D eigenvalue weighted by atomic mass is 9.48. The molecule has 4 aliphatic carbocycles. The van der Waals surface area contributed by atoms with E-state index < -0.39 is 10.0 Å². The van der Waals surface area contributed by atoms with Crippen molar-refractivity contribution >= 4 is 27.3 Å². The van der Waals surface area contributed by atoms with E-state index in [9.17, 15) is 13.2 Å². The van der Waals surface area contributed by atoms with Crippen molar-refractivity contribution < 1.29 is 13.2 Å². The second-order valence-electron chi connectivity index (χ2n) is 12.5. The van der Waals surface area contributed by atoms with E-state index in [-0.39, 0.29) is 12.5 Å². The molecule has 6 heteroatoms. The number of hydrogen-bond donors (Lipinski definition) is 1. The second kappa shape index (κ2) is 9.81. The third kappa shape index (κ3) is 5.23. The molecular weight excluding hydrogens is 504 g/mol. The zero-order chi connectivity index (χ0) is 27.4. The van der Waals surface area contributed by atoms with Crippen LogP contribution in [0.1, 0.15) is 71.1 Å². The maximum atomic E-state index is 13.0.